The molecule has 1 saturated carbocycles. The minimum atomic E-state index is -0.00926. The van der Waals surface area contributed by atoms with E-state index < -0.39 is 0 Å². The molecular weight excluding hydrogens is 118 g/mol. The normalized spacial score (nSPS) is 31.9. The Morgan fingerprint density at radius 1 is 1.67 bits per heavy atom. The molecule has 0 radical (unpaired) electrons. The van der Waals surface area contributed by atoms with Crippen molar-refractivity contribution < 1.29 is 10.0 Å². The number of ketones is 1. The number of hydrogen-bond acceptors (Lipinski definition) is 3. The lowest BCUT2D eigenvalue weighted by Gasteiger charge is -1.89. The van der Waals surface area contributed by atoms with E-state index in [1.807, 2.05) is 6.92 Å². The number of rotatable bonds is 0. The third kappa shape index (κ3) is 1.09. The van der Waals surface area contributed by atoms with Gasteiger partial charge in [-0.1, -0.05) is 12.1 Å². The van der Waals surface area contributed by atoms with Crippen molar-refractivity contribution in [3.8, 4) is 0 Å². The highest BCUT2D eigenvalue weighted by molar-refractivity contribution is 6.41. The van der Waals surface area contributed by atoms with Crippen molar-refractivity contribution in [2.75, 3.05) is 0 Å². The van der Waals surface area contributed by atoms with E-state index in [4.69, 9.17) is 5.21 Å². The van der Waals surface area contributed by atoms with Crippen LogP contribution in [0.2, 0.25) is 0 Å². The largest absolute Gasteiger partial charge is 0.411 e. The third-order valence-electron chi connectivity index (χ3n) is 1.52. The second-order valence-corrected chi connectivity index (χ2v) is 2.48. The molecule has 1 rings (SSSR count). The molecule has 0 heterocycles. The summed E-state index contributed by atoms with van der Waals surface area (Å²) in [5.41, 5.74) is 0.336. The lowest BCUT2D eigenvalue weighted by atomic mass is 10.1. The third-order valence-corrected chi connectivity index (χ3v) is 1.52. The summed E-state index contributed by atoms with van der Waals surface area (Å²) < 4.78 is 0. The quantitative estimate of drug-likeness (QED) is 0.386. The Morgan fingerprint density at radius 3 is 2.56 bits per heavy atom. The number of nitrogens with zero attached hydrogens (tertiary/aromatic N) is 1. The zero-order valence-corrected chi connectivity index (χ0v) is 5.29. The van der Waals surface area contributed by atoms with Gasteiger partial charge in [-0.05, 0) is 12.3 Å². The Labute approximate surface area is 53.4 Å². The maximum Gasteiger partial charge on any atom is 0.180 e. The predicted molar refractivity (Wildman–Crippen MR) is 32.6 cm³/mol. The number of oxime groups is 1. The van der Waals surface area contributed by atoms with Crippen LogP contribution in [0.4, 0.5) is 0 Å². The van der Waals surface area contributed by atoms with Crippen LogP contribution in [0.25, 0.3) is 0 Å². The van der Waals surface area contributed by atoms with Crippen LogP contribution >= 0.6 is 0 Å². The molecule has 3 heteroatoms. The molecule has 1 aliphatic rings. The van der Waals surface area contributed by atoms with Gasteiger partial charge in [0, 0.05) is 6.42 Å². The highest BCUT2D eigenvalue weighted by Crippen LogP contribution is 2.18. The molecule has 0 aromatic heterocycles. The van der Waals surface area contributed by atoms with E-state index in [-0.39, 0.29) is 5.78 Å². The summed E-state index contributed by atoms with van der Waals surface area (Å²) in [4.78, 5) is 10.7. The van der Waals surface area contributed by atoms with E-state index in [1.54, 1.807) is 0 Å². The summed E-state index contributed by atoms with van der Waals surface area (Å²) in [6, 6.07) is 0. The molecule has 0 aromatic rings. The molecule has 1 N–H and O–H groups in total. The van der Waals surface area contributed by atoms with Gasteiger partial charge in [-0.3, -0.25) is 4.79 Å². The van der Waals surface area contributed by atoms with E-state index in [1.165, 1.54) is 0 Å². The first kappa shape index (κ1) is 6.26. The monoisotopic (exact) mass is 127 g/mol. The molecule has 50 valence electrons. The Bertz CT molecular complexity index is 162. The molecular formula is C6H9NO2. The first-order valence-electron chi connectivity index (χ1n) is 2.98. The SMILES string of the molecule is CC1CC(=O)/C(=N\O)C1. The van der Waals surface area contributed by atoms with Gasteiger partial charge < -0.3 is 5.21 Å². The van der Waals surface area contributed by atoms with Crippen molar-refractivity contribution >= 4 is 11.5 Å². The number of Topliss-reactive ketones (excluding diaryl/α,β-unsaturated/α-hetero) is 1. The van der Waals surface area contributed by atoms with Crippen molar-refractivity contribution in [1.29, 1.82) is 0 Å². The number of carbonyl (C=O) groups excluding carboxylic acids is 1. The van der Waals surface area contributed by atoms with E-state index in [9.17, 15) is 4.79 Å². The topological polar surface area (TPSA) is 49.7 Å². The van der Waals surface area contributed by atoms with Crippen molar-refractivity contribution in [1.82, 2.24) is 0 Å². The Hall–Kier alpha value is -0.860. The summed E-state index contributed by atoms with van der Waals surface area (Å²) in [7, 11) is 0. The van der Waals surface area contributed by atoms with Gasteiger partial charge in [0.25, 0.3) is 0 Å². The zero-order valence-electron chi connectivity index (χ0n) is 5.29. The van der Waals surface area contributed by atoms with Gasteiger partial charge in [-0.2, -0.15) is 0 Å². The molecule has 1 fully saturated rings. The predicted octanol–water partition coefficient (Wildman–Crippen LogP) is 0.816. The minimum Gasteiger partial charge on any atom is -0.411 e. The Morgan fingerprint density at radius 2 is 2.33 bits per heavy atom. The fraction of sp³-hybridized carbons (Fsp3) is 0.667. The first-order chi connectivity index (χ1) is 4.24. The van der Waals surface area contributed by atoms with Crippen LogP contribution in [0.3, 0.4) is 0 Å². The average molecular weight is 127 g/mol. The zero-order chi connectivity index (χ0) is 6.85. The van der Waals surface area contributed by atoms with E-state index in [2.05, 4.69) is 5.16 Å². The fourth-order valence-corrected chi connectivity index (χ4v) is 1.05. The first-order valence-corrected chi connectivity index (χ1v) is 2.98. The van der Waals surface area contributed by atoms with Crippen LogP contribution < -0.4 is 0 Å². The van der Waals surface area contributed by atoms with Gasteiger partial charge in [-0.15, -0.1) is 0 Å². The molecule has 1 atom stereocenters. The molecule has 0 spiro atoms. The summed E-state index contributed by atoms with van der Waals surface area (Å²) in [5.74, 6) is 0.355. The highest BCUT2D eigenvalue weighted by atomic mass is 16.4. The second-order valence-electron chi connectivity index (χ2n) is 2.48. The molecule has 0 bridgehead atoms. The lowest BCUT2D eigenvalue weighted by Crippen LogP contribution is -2.02. The van der Waals surface area contributed by atoms with Gasteiger partial charge in [0.1, 0.15) is 5.71 Å². The smallest absolute Gasteiger partial charge is 0.180 e. The van der Waals surface area contributed by atoms with Crippen molar-refractivity contribution in [3.63, 3.8) is 0 Å². The second kappa shape index (κ2) is 2.17. The lowest BCUT2D eigenvalue weighted by molar-refractivity contribution is -0.112. The van der Waals surface area contributed by atoms with Gasteiger partial charge in [0.05, 0.1) is 0 Å². The van der Waals surface area contributed by atoms with Gasteiger partial charge in [0.15, 0.2) is 5.78 Å². The molecule has 9 heavy (non-hydrogen) atoms. The molecule has 0 amide bonds. The summed E-state index contributed by atoms with van der Waals surface area (Å²) in [6.45, 7) is 1.97. The molecule has 0 saturated heterocycles. The van der Waals surface area contributed by atoms with E-state index >= 15 is 0 Å². The van der Waals surface area contributed by atoms with Gasteiger partial charge in [-0.25, -0.2) is 0 Å². The fourth-order valence-electron chi connectivity index (χ4n) is 1.05. The summed E-state index contributed by atoms with van der Waals surface area (Å²) in [6.07, 6.45) is 1.18. The van der Waals surface area contributed by atoms with Crippen molar-refractivity contribution in [3.05, 3.63) is 0 Å². The van der Waals surface area contributed by atoms with Gasteiger partial charge in [0.2, 0.25) is 0 Å². The summed E-state index contributed by atoms with van der Waals surface area (Å²) in [5, 5.41) is 11.1. The van der Waals surface area contributed by atoms with Gasteiger partial charge >= 0.3 is 0 Å². The Balaban J connectivity index is 2.70. The molecule has 1 aliphatic carbocycles. The molecule has 0 aromatic carbocycles. The minimum absolute atomic E-state index is 0.00926. The van der Waals surface area contributed by atoms with Crippen molar-refractivity contribution in [2.24, 2.45) is 11.1 Å². The number of carbonyl (C=O) groups is 1. The standard InChI is InChI=1S/C6H9NO2/c1-4-2-5(7-9)6(8)3-4/h4,9H,2-3H2,1H3/b7-5-. The highest BCUT2D eigenvalue weighted by Gasteiger charge is 2.25. The molecule has 0 aliphatic heterocycles. The average Bonchev–Trinajstić information content (AvgIpc) is 2.10. The number of hydrogen-bond donors (Lipinski definition) is 1. The maximum absolute atomic E-state index is 10.7. The van der Waals surface area contributed by atoms with Crippen LogP contribution in [0.5, 0.6) is 0 Å². The summed E-state index contributed by atoms with van der Waals surface area (Å²) >= 11 is 0. The Kier molecular flexibility index (Phi) is 1.51. The van der Waals surface area contributed by atoms with E-state index in [0.29, 0.717) is 24.5 Å². The maximum atomic E-state index is 10.7. The van der Waals surface area contributed by atoms with Crippen LogP contribution in [0.1, 0.15) is 19.8 Å². The van der Waals surface area contributed by atoms with Crippen molar-refractivity contribution in [2.45, 2.75) is 19.8 Å². The molecule has 1 unspecified atom stereocenters. The van der Waals surface area contributed by atoms with Crippen LogP contribution in [0, 0.1) is 5.92 Å². The van der Waals surface area contributed by atoms with Crippen LogP contribution in [-0.4, -0.2) is 16.7 Å². The van der Waals surface area contributed by atoms with Crippen LogP contribution in [-0.2, 0) is 4.79 Å². The molecule has 3 nitrogen and oxygen atoms in total. The van der Waals surface area contributed by atoms with E-state index in [0.717, 1.165) is 0 Å². The van der Waals surface area contributed by atoms with Crippen LogP contribution in [0.15, 0.2) is 5.16 Å².